The van der Waals surface area contributed by atoms with Crippen molar-refractivity contribution in [3.8, 4) is 0 Å². The van der Waals surface area contributed by atoms with Crippen molar-refractivity contribution < 1.29 is 21.6 Å². The molecule has 84 valence electrons. The molecule has 1 rings (SSSR count). The molecule has 0 aliphatic carbocycles. The number of hydrogen-bond acceptors (Lipinski definition) is 3. The minimum atomic E-state index is -5.00. The SMILES string of the molecule is Cc1ccc(S(=O)(=S)OC(F)(F)F)cc1. The molecule has 0 N–H and O–H groups in total. The summed E-state index contributed by atoms with van der Waals surface area (Å²) in [5.74, 6) is 0. The van der Waals surface area contributed by atoms with Crippen LogP contribution in [0.5, 0.6) is 0 Å². The number of aryl methyl sites for hydroxylation is 1. The van der Waals surface area contributed by atoms with Gasteiger partial charge >= 0.3 is 6.36 Å². The molecule has 0 saturated carbocycles. The van der Waals surface area contributed by atoms with Gasteiger partial charge in [0.15, 0.2) is 8.77 Å². The molecule has 2 nitrogen and oxygen atoms in total. The van der Waals surface area contributed by atoms with Crippen molar-refractivity contribution in [3.63, 3.8) is 0 Å². The second-order valence-electron chi connectivity index (χ2n) is 2.80. The molecule has 0 fully saturated rings. The maximum atomic E-state index is 11.8. The summed E-state index contributed by atoms with van der Waals surface area (Å²) in [6.45, 7) is 1.75. The van der Waals surface area contributed by atoms with Crippen LogP contribution in [0, 0.1) is 6.92 Å². The van der Waals surface area contributed by atoms with Crippen LogP contribution in [0.3, 0.4) is 0 Å². The summed E-state index contributed by atoms with van der Waals surface area (Å²) in [6, 6.07) is 5.55. The van der Waals surface area contributed by atoms with Crippen LogP contribution in [0.1, 0.15) is 5.56 Å². The van der Waals surface area contributed by atoms with Crippen molar-refractivity contribution in [1.29, 1.82) is 0 Å². The summed E-state index contributed by atoms with van der Waals surface area (Å²) < 4.78 is 50.3. The molecule has 0 amide bonds. The minimum Gasteiger partial charge on any atom is -0.223 e. The van der Waals surface area contributed by atoms with E-state index >= 15 is 0 Å². The zero-order chi connectivity index (χ0) is 11.7. The van der Waals surface area contributed by atoms with E-state index in [1.807, 2.05) is 0 Å². The van der Waals surface area contributed by atoms with Crippen LogP contribution in [0.2, 0.25) is 0 Å². The molecule has 1 unspecified atom stereocenters. The lowest BCUT2D eigenvalue weighted by molar-refractivity contribution is -0.270. The predicted molar refractivity (Wildman–Crippen MR) is 52.1 cm³/mol. The molecule has 0 aliphatic rings. The number of rotatable bonds is 2. The Labute approximate surface area is 89.9 Å². The van der Waals surface area contributed by atoms with Crippen molar-refractivity contribution in [2.24, 2.45) is 0 Å². The number of benzene rings is 1. The number of hydrogen-bond donors (Lipinski definition) is 0. The molecule has 0 aliphatic heterocycles. The van der Waals surface area contributed by atoms with Gasteiger partial charge in [0.2, 0.25) is 0 Å². The van der Waals surface area contributed by atoms with Crippen molar-refractivity contribution >= 4 is 20.0 Å². The fraction of sp³-hybridized carbons (Fsp3) is 0.250. The van der Waals surface area contributed by atoms with E-state index in [0.29, 0.717) is 0 Å². The molecular formula is C8H7F3O2S2. The number of halogens is 3. The average Bonchev–Trinajstić information content (AvgIpc) is 2.00. The van der Waals surface area contributed by atoms with E-state index < -0.39 is 15.1 Å². The Morgan fingerprint density at radius 1 is 1.27 bits per heavy atom. The molecule has 0 bridgehead atoms. The van der Waals surface area contributed by atoms with Crippen LogP contribution in [0.25, 0.3) is 0 Å². The Hall–Kier alpha value is -0.660. The Morgan fingerprint density at radius 3 is 2.13 bits per heavy atom. The van der Waals surface area contributed by atoms with Crippen molar-refractivity contribution in [2.45, 2.75) is 18.2 Å². The average molecular weight is 256 g/mol. The second-order valence-corrected chi connectivity index (χ2v) is 5.66. The lowest BCUT2D eigenvalue weighted by atomic mass is 10.2. The highest BCUT2D eigenvalue weighted by molar-refractivity contribution is 8.30. The van der Waals surface area contributed by atoms with E-state index in [-0.39, 0.29) is 4.90 Å². The molecule has 0 spiro atoms. The molecule has 1 aromatic rings. The van der Waals surface area contributed by atoms with Gasteiger partial charge in [0, 0.05) is 11.2 Å². The van der Waals surface area contributed by atoms with Gasteiger partial charge in [-0.3, -0.25) is 0 Å². The van der Waals surface area contributed by atoms with Gasteiger partial charge in [0.05, 0.1) is 4.90 Å². The van der Waals surface area contributed by atoms with Gasteiger partial charge in [-0.1, -0.05) is 17.7 Å². The molecular weight excluding hydrogens is 249 g/mol. The lowest BCUT2D eigenvalue weighted by Gasteiger charge is -2.10. The first kappa shape index (κ1) is 12.4. The van der Waals surface area contributed by atoms with Crippen LogP contribution < -0.4 is 0 Å². The van der Waals surface area contributed by atoms with Crippen LogP contribution in [-0.2, 0) is 24.1 Å². The Kier molecular flexibility index (Phi) is 3.37. The third kappa shape index (κ3) is 3.77. The molecule has 0 heterocycles. The van der Waals surface area contributed by atoms with Crippen molar-refractivity contribution in [1.82, 2.24) is 0 Å². The van der Waals surface area contributed by atoms with Gasteiger partial charge in [-0.05, 0) is 19.1 Å². The van der Waals surface area contributed by atoms with Crippen molar-refractivity contribution in [2.75, 3.05) is 0 Å². The summed E-state index contributed by atoms with van der Waals surface area (Å²) in [5.41, 5.74) is 0.830. The quantitative estimate of drug-likeness (QED) is 0.813. The first-order chi connectivity index (χ1) is 6.71. The predicted octanol–water partition coefficient (Wildman–Crippen LogP) is 2.55. The highest BCUT2D eigenvalue weighted by Gasteiger charge is 2.35. The second kappa shape index (κ2) is 4.07. The van der Waals surface area contributed by atoms with E-state index in [4.69, 9.17) is 0 Å². The standard InChI is InChI=1S/C8H7F3O2S2/c1-6-2-4-7(5-3-6)15(12,14)13-8(9,10)11/h2-5H,1H3. The summed E-state index contributed by atoms with van der Waals surface area (Å²) in [6.07, 6.45) is -5.00. The summed E-state index contributed by atoms with van der Waals surface area (Å²) in [4.78, 5) is -0.152. The highest BCUT2D eigenvalue weighted by atomic mass is 32.8. The first-order valence-corrected chi connectivity index (χ1v) is 6.20. The third-order valence-corrected chi connectivity index (χ3v) is 3.55. The molecule has 0 saturated heterocycles. The van der Waals surface area contributed by atoms with E-state index in [1.54, 1.807) is 6.92 Å². The summed E-state index contributed by atoms with van der Waals surface area (Å²) >= 11 is 4.29. The molecule has 1 aromatic carbocycles. The number of alkyl halides is 3. The van der Waals surface area contributed by atoms with E-state index in [2.05, 4.69) is 15.4 Å². The van der Waals surface area contributed by atoms with E-state index in [9.17, 15) is 17.4 Å². The van der Waals surface area contributed by atoms with Gasteiger partial charge in [-0.25, -0.2) is 4.21 Å². The molecule has 7 heteroatoms. The first-order valence-electron chi connectivity index (χ1n) is 3.80. The third-order valence-electron chi connectivity index (χ3n) is 1.51. The highest BCUT2D eigenvalue weighted by Crippen LogP contribution is 2.24. The minimum absolute atomic E-state index is 0.152. The van der Waals surface area contributed by atoms with Crippen molar-refractivity contribution in [3.05, 3.63) is 29.8 Å². The largest absolute Gasteiger partial charge is 0.535 e. The van der Waals surface area contributed by atoms with Gasteiger partial charge in [0.1, 0.15) is 0 Å². The molecule has 15 heavy (non-hydrogen) atoms. The summed E-state index contributed by atoms with van der Waals surface area (Å²) in [7, 11) is -3.93. The molecule has 0 radical (unpaired) electrons. The molecule has 0 aromatic heterocycles. The van der Waals surface area contributed by atoms with Gasteiger partial charge < -0.3 is 0 Å². The van der Waals surface area contributed by atoms with Crippen LogP contribution in [-0.4, -0.2) is 10.6 Å². The van der Waals surface area contributed by atoms with Gasteiger partial charge in [-0.2, -0.15) is 4.18 Å². The smallest absolute Gasteiger partial charge is 0.223 e. The zero-order valence-corrected chi connectivity index (χ0v) is 9.21. The van der Waals surface area contributed by atoms with Gasteiger partial charge in [0.25, 0.3) is 0 Å². The van der Waals surface area contributed by atoms with E-state index in [1.165, 1.54) is 24.3 Å². The fourth-order valence-corrected chi connectivity index (χ4v) is 2.26. The van der Waals surface area contributed by atoms with E-state index in [0.717, 1.165) is 5.56 Å². The van der Waals surface area contributed by atoms with Crippen LogP contribution in [0.15, 0.2) is 29.2 Å². The van der Waals surface area contributed by atoms with Crippen LogP contribution in [0.4, 0.5) is 13.2 Å². The van der Waals surface area contributed by atoms with Crippen LogP contribution >= 0.6 is 0 Å². The maximum absolute atomic E-state index is 11.8. The zero-order valence-electron chi connectivity index (χ0n) is 7.58. The Balaban J connectivity index is 3.02. The maximum Gasteiger partial charge on any atom is 0.535 e. The Bertz CT molecular complexity index is 434. The molecule has 1 atom stereocenters. The fourth-order valence-electron chi connectivity index (χ4n) is 0.877. The monoisotopic (exact) mass is 256 g/mol. The summed E-state index contributed by atoms with van der Waals surface area (Å²) in [5, 5.41) is 0. The normalized spacial score (nSPS) is 16.0. The lowest BCUT2D eigenvalue weighted by Crippen LogP contribution is -2.19. The van der Waals surface area contributed by atoms with Gasteiger partial charge in [-0.15, -0.1) is 13.2 Å². The Morgan fingerprint density at radius 2 is 1.73 bits per heavy atom. The topological polar surface area (TPSA) is 26.3 Å².